The second-order valence-electron chi connectivity index (χ2n) is 4.53. The number of benzene rings is 1. The number of ether oxygens (including phenoxy) is 1. The normalized spacial score (nSPS) is 17.4. The minimum absolute atomic E-state index is 0.361. The third-order valence-electron chi connectivity index (χ3n) is 3.21. The molecule has 0 fully saturated rings. The lowest BCUT2D eigenvalue weighted by molar-refractivity contribution is 0.204. The van der Waals surface area contributed by atoms with Crippen LogP contribution in [0.5, 0.6) is 5.75 Å². The number of hydrogen-bond donors (Lipinski definition) is 1. The summed E-state index contributed by atoms with van der Waals surface area (Å²) in [6.45, 7) is 5.15. The first-order valence-electron chi connectivity index (χ1n) is 6.26. The molecule has 1 aromatic rings. The van der Waals surface area contributed by atoms with Crippen molar-refractivity contribution in [2.24, 2.45) is 0 Å². The third kappa shape index (κ3) is 3.17. The van der Waals surface area contributed by atoms with E-state index in [0.29, 0.717) is 5.25 Å². The summed E-state index contributed by atoms with van der Waals surface area (Å²) in [5, 5.41) is 10.7. The molecule has 1 aromatic carbocycles. The molecule has 2 unspecified atom stereocenters. The minimum Gasteiger partial charge on any atom is -0.493 e. The van der Waals surface area contributed by atoms with Crippen molar-refractivity contribution in [2.45, 2.75) is 38.0 Å². The Kier molecular flexibility index (Phi) is 4.35. The van der Waals surface area contributed by atoms with Gasteiger partial charge in [0.25, 0.3) is 0 Å². The molecule has 2 atom stereocenters. The maximum absolute atomic E-state index is 10.1. The zero-order valence-electron chi connectivity index (χ0n) is 10.5. The summed E-state index contributed by atoms with van der Waals surface area (Å²) in [4.78, 5) is 0. The lowest BCUT2D eigenvalue weighted by Gasteiger charge is -2.14. The second-order valence-corrected chi connectivity index (χ2v) is 6.01. The van der Waals surface area contributed by atoms with Crippen LogP contribution in [0.2, 0.25) is 0 Å². The van der Waals surface area contributed by atoms with Crippen molar-refractivity contribution < 1.29 is 9.84 Å². The van der Waals surface area contributed by atoms with E-state index in [1.165, 1.54) is 5.56 Å². The van der Waals surface area contributed by atoms with Crippen molar-refractivity contribution in [1.82, 2.24) is 0 Å². The molecule has 94 valence electrons. The average Bonchev–Trinajstić information content (AvgIpc) is 2.82. The lowest BCUT2D eigenvalue weighted by Crippen LogP contribution is -2.04. The van der Waals surface area contributed by atoms with Gasteiger partial charge in [-0.1, -0.05) is 19.9 Å². The Bertz CT molecular complexity index is 378. The molecule has 0 aliphatic carbocycles. The second kappa shape index (κ2) is 5.78. The molecule has 0 saturated carbocycles. The SMILES string of the molecule is CCC(C)SCC(O)c1ccc2c(c1)CCO2. The Morgan fingerprint density at radius 1 is 1.47 bits per heavy atom. The van der Waals surface area contributed by atoms with Crippen molar-refractivity contribution in [1.29, 1.82) is 0 Å². The Morgan fingerprint density at radius 3 is 3.06 bits per heavy atom. The van der Waals surface area contributed by atoms with Crippen molar-refractivity contribution in [3.63, 3.8) is 0 Å². The number of aliphatic hydroxyl groups excluding tert-OH is 1. The standard InChI is InChI=1S/C14H20O2S/c1-3-10(2)17-9-13(15)11-4-5-14-12(8-11)6-7-16-14/h4-5,8,10,13,15H,3,6-7,9H2,1-2H3. The first-order chi connectivity index (χ1) is 8.20. The van der Waals surface area contributed by atoms with Crippen LogP contribution in [-0.2, 0) is 6.42 Å². The zero-order chi connectivity index (χ0) is 12.3. The molecule has 3 heteroatoms. The van der Waals surface area contributed by atoms with Gasteiger partial charge in [-0.2, -0.15) is 11.8 Å². The van der Waals surface area contributed by atoms with Gasteiger partial charge in [0.15, 0.2) is 0 Å². The number of hydrogen-bond acceptors (Lipinski definition) is 3. The first-order valence-corrected chi connectivity index (χ1v) is 7.31. The fourth-order valence-corrected chi connectivity index (χ4v) is 2.82. The van der Waals surface area contributed by atoms with Crippen LogP contribution in [0.4, 0.5) is 0 Å². The van der Waals surface area contributed by atoms with E-state index in [2.05, 4.69) is 19.9 Å². The van der Waals surface area contributed by atoms with E-state index in [1.807, 2.05) is 23.9 Å². The zero-order valence-corrected chi connectivity index (χ0v) is 11.3. The number of aliphatic hydroxyl groups is 1. The molecular weight excluding hydrogens is 232 g/mol. The van der Waals surface area contributed by atoms with Gasteiger partial charge in [0, 0.05) is 17.4 Å². The van der Waals surface area contributed by atoms with Crippen LogP contribution < -0.4 is 4.74 Å². The quantitative estimate of drug-likeness (QED) is 0.872. The summed E-state index contributed by atoms with van der Waals surface area (Å²) in [5.41, 5.74) is 2.25. The highest BCUT2D eigenvalue weighted by molar-refractivity contribution is 7.99. The van der Waals surface area contributed by atoms with Gasteiger partial charge in [0.05, 0.1) is 12.7 Å². The largest absolute Gasteiger partial charge is 0.493 e. The maximum atomic E-state index is 10.1. The highest BCUT2D eigenvalue weighted by Crippen LogP contribution is 2.30. The van der Waals surface area contributed by atoms with E-state index in [4.69, 9.17) is 4.74 Å². The molecule has 2 rings (SSSR count). The van der Waals surface area contributed by atoms with E-state index in [1.54, 1.807) is 0 Å². The molecule has 17 heavy (non-hydrogen) atoms. The van der Waals surface area contributed by atoms with Gasteiger partial charge in [-0.05, 0) is 29.7 Å². The summed E-state index contributed by atoms with van der Waals surface area (Å²) in [6, 6.07) is 6.05. The van der Waals surface area contributed by atoms with Crippen molar-refractivity contribution in [3.05, 3.63) is 29.3 Å². The van der Waals surface area contributed by atoms with Crippen LogP contribution in [0.25, 0.3) is 0 Å². The summed E-state index contributed by atoms with van der Waals surface area (Å²) in [6.07, 6.45) is 1.75. The molecule has 0 spiro atoms. The average molecular weight is 252 g/mol. The predicted molar refractivity (Wildman–Crippen MR) is 72.8 cm³/mol. The molecule has 1 heterocycles. The van der Waals surface area contributed by atoms with Gasteiger partial charge in [-0.25, -0.2) is 0 Å². The number of fused-ring (bicyclic) bond motifs is 1. The Hall–Kier alpha value is -0.670. The van der Waals surface area contributed by atoms with Crippen LogP contribution in [0.15, 0.2) is 18.2 Å². The molecule has 2 nitrogen and oxygen atoms in total. The van der Waals surface area contributed by atoms with E-state index in [-0.39, 0.29) is 6.10 Å². The van der Waals surface area contributed by atoms with Gasteiger partial charge in [0.1, 0.15) is 5.75 Å². The van der Waals surface area contributed by atoms with E-state index in [0.717, 1.165) is 36.5 Å². The van der Waals surface area contributed by atoms with E-state index >= 15 is 0 Å². The Labute approximate surface area is 107 Å². The minimum atomic E-state index is -0.361. The van der Waals surface area contributed by atoms with Crippen LogP contribution in [0, 0.1) is 0 Å². The van der Waals surface area contributed by atoms with Crippen LogP contribution >= 0.6 is 11.8 Å². The van der Waals surface area contributed by atoms with E-state index in [9.17, 15) is 5.11 Å². The van der Waals surface area contributed by atoms with Crippen LogP contribution in [-0.4, -0.2) is 22.7 Å². The van der Waals surface area contributed by atoms with Gasteiger partial charge in [0.2, 0.25) is 0 Å². The molecular formula is C14H20O2S. The fourth-order valence-electron chi connectivity index (χ4n) is 1.88. The summed E-state index contributed by atoms with van der Waals surface area (Å²) in [5.74, 6) is 1.75. The molecule has 1 N–H and O–H groups in total. The summed E-state index contributed by atoms with van der Waals surface area (Å²) in [7, 11) is 0. The molecule has 0 bridgehead atoms. The Morgan fingerprint density at radius 2 is 2.29 bits per heavy atom. The highest BCUT2D eigenvalue weighted by Gasteiger charge is 2.16. The summed E-state index contributed by atoms with van der Waals surface area (Å²) < 4.78 is 5.46. The monoisotopic (exact) mass is 252 g/mol. The van der Waals surface area contributed by atoms with Crippen LogP contribution in [0.1, 0.15) is 37.5 Å². The van der Waals surface area contributed by atoms with E-state index < -0.39 is 0 Å². The van der Waals surface area contributed by atoms with Gasteiger partial charge >= 0.3 is 0 Å². The number of rotatable bonds is 5. The van der Waals surface area contributed by atoms with Crippen molar-refractivity contribution in [3.8, 4) is 5.75 Å². The molecule has 1 aliphatic rings. The molecule has 1 aliphatic heterocycles. The molecule has 0 aromatic heterocycles. The lowest BCUT2D eigenvalue weighted by atomic mass is 10.1. The van der Waals surface area contributed by atoms with Crippen molar-refractivity contribution in [2.75, 3.05) is 12.4 Å². The first kappa shape index (κ1) is 12.8. The van der Waals surface area contributed by atoms with Crippen molar-refractivity contribution >= 4 is 11.8 Å². The van der Waals surface area contributed by atoms with Crippen LogP contribution in [0.3, 0.4) is 0 Å². The molecule has 0 radical (unpaired) electrons. The maximum Gasteiger partial charge on any atom is 0.122 e. The summed E-state index contributed by atoms with van der Waals surface area (Å²) >= 11 is 1.83. The predicted octanol–water partition coefficient (Wildman–Crippen LogP) is 3.19. The van der Waals surface area contributed by atoms with Gasteiger partial charge < -0.3 is 9.84 Å². The number of thioether (sulfide) groups is 1. The fraction of sp³-hybridized carbons (Fsp3) is 0.571. The highest BCUT2D eigenvalue weighted by atomic mass is 32.2. The molecule has 0 amide bonds. The molecule has 0 saturated heterocycles. The third-order valence-corrected chi connectivity index (χ3v) is 4.62. The smallest absolute Gasteiger partial charge is 0.122 e. The van der Waals surface area contributed by atoms with Gasteiger partial charge in [-0.15, -0.1) is 0 Å². The topological polar surface area (TPSA) is 29.5 Å². The van der Waals surface area contributed by atoms with Gasteiger partial charge in [-0.3, -0.25) is 0 Å². The Balaban J connectivity index is 1.97.